The van der Waals surface area contributed by atoms with Crippen LogP contribution in [0.2, 0.25) is 0 Å². The molecule has 0 saturated carbocycles. The van der Waals surface area contributed by atoms with Gasteiger partial charge < -0.3 is 19.4 Å². The summed E-state index contributed by atoms with van der Waals surface area (Å²) in [4.78, 5) is 37.8. The molecule has 0 fully saturated rings. The largest absolute Gasteiger partial charge is 0.466 e. The maximum Gasteiger partial charge on any atom is 0.306 e. The lowest BCUT2D eigenvalue weighted by Crippen LogP contribution is -2.35. The van der Waals surface area contributed by atoms with E-state index in [0.717, 1.165) is 24.1 Å². The number of anilines is 2. The van der Waals surface area contributed by atoms with Crippen molar-refractivity contribution in [3.05, 3.63) is 47.9 Å². The molecule has 0 radical (unpaired) electrons. The number of furan rings is 1. The molecular weight excluding hydrogens is 348 g/mol. The van der Waals surface area contributed by atoms with Crippen LogP contribution in [0.1, 0.15) is 42.3 Å². The zero-order valence-corrected chi connectivity index (χ0v) is 15.2. The van der Waals surface area contributed by atoms with Crippen molar-refractivity contribution in [2.45, 2.75) is 32.6 Å². The molecule has 0 aliphatic carbocycles. The molecule has 7 nitrogen and oxygen atoms in total. The summed E-state index contributed by atoms with van der Waals surface area (Å²) < 4.78 is 10.0. The number of esters is 1. The summed E-state index contributed by atoms with van der Waals surface area (Å²) in [5.41, 5.74) is 2.40. The zero-order valence-electron chi connectivity index (χ0n) is 15.2. The Morgan fingerprint density at radius 2 is 2.07 bits per heavy atom. The van der Waals surface area contributed by atoms with E-state index in [9.17, 15) is 14.4 Å². The number of hydrogen-bond donors (Lipinski definition) is 1. The molecule has 0 saturated heterocycles. The van der Waals surface area contributed by atoms with E-state index >= 15 is 0 Å². The SMILES string of the molecule is CCOC(=O)CCC(=O)Nc1ccc2c(c1)N(C(=O)c1ccco1)CCC2. The number of nitrogens with one attached hydrogen (secondary N) is 1. The second kappa shape index (κ2) is 8.53. The molecule has 0 spiro atoms. The van der Waals surface area contributed by atoms with E-state index in [1.54, 1.807) is 30.0 Å². The second-order valence-corrected chi connectivity index (χ2v) is 6.23. The van der Waals surface area contributed by atoms with Crippen molar-refractivity contribution in [2.75, 3.05) is 23.4 Å². The third-order valence-corrected chi connectivity index (χ3v) is 4.33. The lowest BCUT2D eigenvalue weighted by atomic mass is 10.0. The van der Waals surface area contributed by atoms with Gasteiger partial charge in [-0.2, -0.15) is 0 Å². The fraction of sp³-hybridized carbons (Fsp3) is 0.350. The van der Waals surface area contributed by atoms with Gasteiger partial charge in [0.25, 0.3) is 5.91 Å². The van der Waals surface area contributed by atoms with Crippen molar-refractivity contribution < 1.29 is 23.5 Å². The summed E-state index contributed by atoms with van der Waals surface area (Å²) in [6.07, 6.45) is 3.29. The van der Waals surface area contributed by atoms with Crippen molar-refractivity contribution in [1.29, 1.82) is 0 Å². The highest BCUT2D eigenvalue weighted by atomic mass is 16.5. The highest BCUT2D eigenvalue weighted by Gasteiger charge is 2.25. The summed E-state index contributed by atoms with van der Waals surface area (Å²) in [7, 11) is 0. The van der Waals surface area contributed by atoms with Gasteiger partial charge >= 0.3 is 5.97 Å². The Kier molecular flexibility index (Phi) is 5.90. The lowest BCUT2D eigenvalue weighted by Gasteiger charge is -2.29. The Labute approximate surface area is 157 Å². The van der Waals surface area contributed by atoms with Crippen LogP contribution in [0.25, 0.3) is 0 Å². The maximum atomic E-state index is 12.7. The number of carbonyl (C=O) groups excluding carboxylic acids is 3. The fourth-order valence-electron chi connectivity index (χ4n) is 3.07. The van der Waals surface area contributed by atoms with Crippen LogP contribution in [-0.4, -0.2) is 30.9 Å². The van der Waals surface area contributed by atoms with Crippen molar-refractivity contribution in [1.82, 2.24) is 0 Å². The molecular formula is C20H22N2O5. The standard InChI is InChI=1S/C20H22N2O5/c1-2-26-19(24)10-9-18(23)21-15-8-7-14-5-3-11-22(16(14)13-15)20(25)17-6-4-12-27-17/h4,6-8,12-13H,2-3,5,9-11H2,1H3,(H,21,23). The Hall–Kier alpha value is -3.09. The first-order chi connectivity index (χ1) is 13.1. The van der Waals surface area contributed by atoms with Crippen LogP contribution in [0.3, 0.4) is 0 Å². The number of benzene rings is 1. The third kappa shape index (κ3) is 4.55. The molecule has 7 heteroatoms. The number of hydrogen-bond acceptors (Lipinski definition) is 5. The molecule has 0 atom stereocenters. The molecule has 142 valence electrons. The van der Waals surface area contributed by atoms with Crippen LogP contribution < -0.4 is 10.2 Å². The first-order valence-corrected chi connectivity index (χ1v) is 9.02. The number of ether oxygens (including phenoxy) is 1. The van der Waals surface area contributed by atoms with Crippen LogP contribution in [0, 0.1) is 0 Å². The highest BCUT2D eigenvalue weighted by molar-refractivity contribution is 6.05. The molecule has 3 rings (SSSR count). The van der Waals surface area contributed by atoms with Gasteiger partial charge in [-0.25, -0.2) is 0 Å². The van der Waals surface area contributed by atoms with Gasteiger partial charge in [-0.05, 0) is 49.6 Å². The number of fused-ring (bicyclic) bond motifs is 1. The van der Waals surface area contributed by atoms with Crippen LogP contribution in [0.4, 0.5) is 11.4 Å². The summed E-state index contributed by atoms with van der Waals surface area (Å²) in [5, 5.41) is 2.78. The number of carbonyl (C=O) groups is 3. The first-order valence-electron chi connectivity index (χ1n) is 9.02. The molecule has 1 aliphatic heterocycles. The minimum absolute atomic E-state index is 0.0354. The Morgan fingerprint density at radius 3 is 2.81 bits per heavy atom. The molecule has 0 unspecified atom stereocenters. The van der Waals surface area contributed by atoms with Crippen LogP contribution in [-0.2, 0) is 20.7 Å². The quantitative estimate of drug-likeness (QED) is 0.789. The Morgan fingerprint density at radius 1 is 1.22 bits per heavy atom. The van der Waals surface area contributed by atoms with E-state index in [4.69, 9.17) is 9.15 Å². The predicted molar refractivity (Wildman–Crippen MR) is 99.6 cm³/mol. The number of rotatable bonds is 6. The van der Waals surface area contributed by atoms with Gasteiger partial charge in [-0.15, -0.1) is 0 Å². The van der Waals surface area contributed by atoms with Crippen LogP contribution in [0.15, 0.2) is 41.0 Å². The van der Waals surface area contributed by atoms with Crippen molar-refractivity contribution in [3.8, 4) is 0 Å². The van der Waals surface area contributed by atoms with Crippen molar-refractivity contribution >= 4 is 29.2 Å². The van der Waals surface area contributed by atoms with Gasteiger partial charge in [0.05, 0.1) is 19.3 Å². The average molecular weight is 370 g/mol. The molecule has 2 heterocycles. The average Bonchev–Trinajstić information content (AvgIpc) is 3.20. The minimum Gasteiger partial charge on any atom is -0.466 e. The first kappa shape index (κ1) is 18.7. The molecule has 1 aromatic carbocycles. The summed E-state index contributed by atoms with van der Waals surface area (Å²) in [6.45, 7) is 2.61. The molecule has 27 heavy (non-hydrogen) atoms. The topological polar surface area (TPSA) is 88.9 Å². The molecule has 1 N–H and O–H groups in total. The van der Waals surface area contributed by atoms with Gasteiger partial charge in [-0.3, -0.25) is 14.4 Å². The van der Waals surface area contributed by atoms with Crippen molar-refractivity contribution in [2.24, 2.45) is 0 Å². The summed E-state index contributed by atoms with van der Waals surface area (Å²) in [6, 6.07) is 8.83. The van der Waals surface area contributed by atoms with Gasteiger partial charge in [0, 0.05) is 24.3 Å². The molecule has 2 aromatic rings. The van der Waals surface area contributed by atoms with E-state index in [-0.39, 0.29) is 30.4 Å². The summed E-state index contributed by atoms with van der Waals surface area (Å²) in [5.74, 6) is -0.588. The van der Waals surface area contributed by atoms with E-state index in [2.05, 4.69) is 5.32 Å². The van der Waals surface area contributed by atoms with Crippen molar-refractivity contribution in [3.63, 3.8) is 0 Å². The highest BCUT2D eigenvalue weighted by Crippen LogP contribution is 2.31. The molecule has 1 aromatic heterocycles. The normalized spacial score (nSPS) is 13.0. The van der Waals surface area contributed by atoms with Gasteiger partial charge in [0.1, 0.15) is 0 Å². The predicted octanol–water partition coefficient (Wildman–Crippen LogP) is 3.15. The van der Waals surface area contributed by atoms with Crippen LogP contribution >= 0.6 is 0 Å². The fourth-order valence-corrected chi connectivity index (χ4v) is 3.07. The smallest absolute Gasteiger partial charge is 0.306 e. The van der Waals surface area contributed by atoms with Gasteiger partial charge in [0.15, 0.2) is 5.76 Å². The maximum absolute atomic E-state index is 12.7. The number of amides is 2. The molecule has 0 bridgehead atoms. The summed E-state index contributed by atoms with van der Waals surface area (Å²) >= 11 is 0. The minimum atomic E-state index is -0.395. The Bertz CT molecular complexity index is 829. The Balaban J connectivity index is 1.71. The molecule has 1 aliphatic rings. The van der Waals surface area contributed by atoms with E-state index < -0.39 is 5.97 Å². The number of aryl methyl sites for hydroxylation is 1. The van der Waals surface area contributed by atoms with E-state index in [0.29, 0.717) is 18.8 Å². The van der Waals surface area contributed by atoms with Gasteiger partial charge in [-0.1, -0.05) is 6.07 Å². The van der Waals surface area contributed by atoms with Gasteiger partial charge in [0.2, 0.25) is 5.91 Å². The lowest BCUT2D eigenvalue weighted by molar-refractivity contribution is -0.144. The zero-order chi connectivity index (χ0) is 19.2. The van der Waals surface area contributed by atoms with E-state index in [1.165, 1.54) is 6.26 Å². The van der Waals surface area contributed by atoms with E-state index in [1.807, 2.05) is 12.1 Å². The van der Waals surface area contributed by atoms with Crippen LogP contribution in [0.5, 0.6) is 0 Å². The third-order valence-electron chi connectivity index (χ3n) is 4.33. The molecule has 2 amide bonds. The monoisotopic (exact) mass is 370 g/mol. The second-order valence-electron chi connectivity index (χ2n) is 6.23. The number of nitrogens with zero attached hydrogens (tertiary/aromatic N) is 1.